The predicted octanol–water partition coefficient (Wildman–Crippen LogP) is 2.80. The summed E-state index contributed by atoms with van der Waals surface area (Å²) in [6.07, 6.45) is 1.58. The minimum absolute atomic E-state index is 0.0502. The van der Waals surface area contributed by atoms with Crippen molar-refractivity contribution in [1.82, 2.24) is 4.57 Å². The fourth-order valence-corrected chi connectivity index (χ4v) is 3.32. The molecule has 0 saturated carbocycles. The van der Waals surface area contributed by atoms with Gasteiger partial charge in [-0.1, -0.05) is 12.1 Å². The van der Waals surface area contributed by atoms with Crippen molar-refractivity contribution in [2.24, 2.45) is 0 Å². The van der Waals surface area contributed by atoms with Crippen molar-refractivity contribution in [1.29, 1.82) is 0 Å². The lowest BCUT2D eigenvalue weighted by molar-refractivity contribution is 0.0682. The van der Waals surface area contributed by atoms with E-state index >= 15 is 0 Å². The molecule has 20 heavy (non-hydrogen) atoms. The SMILES string of the molecule is COc1ccccc1-n1c(O)c2c(c1O)C1CCC2O1. The molecular weight excluding hydrogens is 258 g/mol. The van der Waals surface area contributed by atoms with Crippen LogP contribution in [0.2, 0.25) is 0 Å². The smallest absolute Gasteiger partial charge is 0.205 e. The number of hydrogen-bond acceptors (Lipinski definition) is 4. The number of methoxy groups -OCH3 is 1. The first-order chi connectivity index (χ1) is 9.72. The molecule has 0 radical (unpaired) electrons. The van der Waals surface area contributed by atoms with Gasteiger partial charge in [0.2, 0.25) is 11.8 Å². The first kappa shape index (κ1) is 11.7. The Hall–Kier alpha value is -2.14. The summed E-state index contributed by atoms with van der Waals surface area (Å²) in [5.41, 5.74) is 2.08. The van der Waals surface area contributed by atoms with Gasteiger partial charge in [-0.3, -0.25) is 0 Å². The van der Waals surface area contributed by atoms with Crippen LogP contribution in [0.3, 0.4) is 0 Å². The van der Waals surface area contributed by atoms with Crippen LogP contribution in [0, 0.1) is 0 Å². The Morgan fingerprint density at radius 3 is 2.30 bits per heavy atom. The molecule has 3 heterocycles. The van der Waals surface area contributed by atoms with Gasteiger partial charge in [-0.05, 0) is 25.0 Å². The maximum Gasteiger partial charge on any atom is 0.205 e. The minimum atomic E-state index is -0.100. The van der Waals surface area contributed by atoms with E-state index in [4.69, 9.17) is 9.47 Å². The van der Waals surface area contributed by atoms with Crippen LogP contribution in [0.5, 0.6) is 17.5 Å². The molecule has 2 unspecified atom stereocenters. The largest absolute Gasteiger partial charge is 0.495 e. The first-order valence-corrected chi connectivity index (χ1v) is 6.67. The normalized spacial score (nSPS) is 23.1. The Balaban J connectivity index is 1.97. The fraction of sp³-hybridized carbons (Fsp3) is 0.333. The first-order valence-electron chi connectivity index (χ1n) is 6.67. The van der Waals surface area contributed by atoms with Crippen LogP contribution in [0.4, 0.5) is 0 Å². The van der Waals surface area contributed by atoms with Crippen molar-refractivity contribution in [2.45, 2.75) is 25.0 Å². The molecule has 1 aromatic carbocycles. The summed E-state index contributed by atoms with van der Waals surface area (Å²) in [6.45, 7) is 0. The molecule has 2 atom stereocenters. The van der Waals surface area contributed by atoms with E-state index in [1.165, 1.54) is 4.57 Å². The molecule has 104 valence electrons. The van der Waals surface area contributed by atoms with Gasteiger partial charge in [0.25, 0.3) is 0 Å². The second-order valence-electron chi connectivity index (χ2n) is 5.17. The third-order valence-corrected chi connectivity index (χ3v) is 4.19. The van der Waals surface area contributed by atoms with Crippen molar-refractivity contribution in [3.05, 3.63) is 35.4 Å². The van der Waals surface area contributed by atoms with Crippen LogP contribution in [0.1, 0.15) is 36.2 Å². The summed E-state index contributed by atoms with van der Waals surface area (Å²) in [5, 5.41) is 21.0. The number of para-hydroxylation sites is 2. The highest BCUT2D eigenvalue weighted by Crippen LogP contribution is 2.58. The highest BCUT2D eigenvalue weighted by Gasteiger charge is 2.45. The Morgan fingerprint density at radius 2 is 1.70 bits per heavy atom. The zero-order valence-corrected chi connectivity index (χ0v) is 11.0. The third kappa shape index (κ3) is 1.30. The number of benzene rings is 1. The molecule has 2 aliphatic rings. The van der Waals surface area contributed by atoms with Gasteiger partial charge in [-0.15, -0.1) is 0 Å². The molecule has 1 saturated heterocycles. The molecule has 0 amide bonds. The summed E-state index contributed by atoms with van der Waals surface area (Å²) >= 11 is 0. The zero-order chi connectivity index (χ0) is 13.9. The predicted molar refractivity (Wildman–Crippen MR) is 71.5 cm³/mol. The average Bonchev–Trinajstić information content (AvgIpc) is 3.13. The number of rotatable bonds is 2. The molecule has 2 aliphatic heterocycles. The van der Waals surface area contributed by atoms with Gasteiger partial charge in [-0.2, -0.15) is 0 Å². The number of nitrogens with zero attached hydrogens (tertiary/aromatic N) is 1. The van der Waals surface area contributed by atoms with E-state index in [0.29, 0.717) is 11.4 Å². The van der Waals surface area contributed by atoms with Crippen LogP contribution < -0.4 is 4.74 Å². The summed E-state index contributed by atoms with van der Waals surface area (Å²) in [6, 6.07) is 7.29. The van der Waals surface area contributed by atoms with Gasteiger partial charge in [0.05, 0.1) is 36.1 Å². The van der Waals surface area contributed by atoms with Crippen molar-refractivity contribution in [3.63, 3.8) is 0 Å². The maximum absolute atomic E-state index is 10.5. The Bertz CT molecular complexity index is 658. The number of aromatic nitrogens is 1. The van der Waals surface area contributed by atoms with Gasteiger partial charge in [0.15, 0.2) is 0 Å². The van der Waals surface area contributed by atoms with E-state index in [9.17, 15) is 10.2 Å². The summed E-state index contributed by atoms with van der Waals surface area (Å²) < 4.78 is 12.5. The van der Waals surface area contributed by atoms with Gasteiger partial charge in [0.1, 0.15) is 5.75 Å². The molecule has 0 aliphatic carbocycles. The summed E-state index contributed by atoms with van der Waals surface area (Å²) in [4.78, 5) is 0. The Morgan fingerprint density at radius 1 is 1.10 bits per heavy atom. The topological polar surface area (TPSA) is 63.9 Å². The molecule has 2 bridgehead atoms. The Kier molecular flexibility index (Phi) is 2.29. The molecular formula is C15H15NO4. The van der Waals surface area contributed by atoms with Crippen molar-refractivity contribution >= 4 is 0 Å². The van der Waals surface area contributed by atoms with Gasteiger partial charge in [0, 0.05) is 0 Å². The molecule has 0 spiro atoms. The molecule has 2 N–H and O–H groups in total. The van der Waals surface area contributed by atoms with E-state index < -0.39 is 0 Å². The van der Waals surface area contributed by atoms with E-state index in [-0.39, 0.29) is 24.0 Å². The molecule has 4 rings (SSSR count). The minimum Gasteiger partial charge on any atom is -0.495 e. The van der Waals surface area contributed by atoms with Gasteiger partial charge >= 0.3 is 0 Å². The number of hydrogen-bond donors (Lipinski definition) is 2. The molecule has 2 aromatic rings. The average molecular weight is 273 g/mol. The lowest BCUT2D eigenvalue weighted by Gasteiger charge is -2.13. The lowest BCUT2D eigenvalue weighted by atomic mass is 9.95. The lowest BCUT2D eigenvalue weighted by Crippen LogP contribution is -1.99. The van der Waals surface area contributed by atoms with E-state index in [0.717, 1.165) is 24.0 Å². The van der Waals surface area contributed by atoms with Crippen molar-refractivity contribution < 1.29 is 19.7 Å². The molecule has 5 heteroatoms. The summed E-state index contributed by atoms with van der Waals surface area (Å²) in [7, 11) is 1.57. The van der Waals surface area contributed by atoms with Gasteiger partial charge < -0.3 is 19.7 Å². The highest BCUT2D eigenvalue weighted by molar-refractivity contribution is 5.60. The molecule has 1 fully saturated rings. The standard InChI is InChI=1S/C15H15NO4/c1-19-9-5-3-2-4-8(9)16-14(17)12-10-6-7-11(20-10)13(12)15(16)18/h2-5,10-11,17-18H,6-7H2,1H3. The zero-order valence-electron chi connectivity index (χ0n) is 11.0. The maximum atomic E-state index is 10.5. The Labute approximate surface area is 116 Å². The number of fused-ring (bicyclic) bond motifs is 5. The van der Waals surface area contributed by atoms with Crippen LogP contribution in [0.15, 0.2) is 24.3 Å². The monoisotopic (exact) mass is 273 g/mol. The second kappa shape index (κ2) is 3.93. The van der Waals surface area contributed by atoms with Gasteiger partial charge in [-0.25, -0.2) is 4.57 Å². The van der Waals surface area contributed by atoms with Crippen molar-refractivity contribution in [2.75, 3.05) is 7.11 Å². The quantitative estimate of drug-likeness (QED) is 0.883. The second-order valence-corrected chi connectivity index (χ2v) is 5.17. The fourth-order valence-electron chi connectivity index (χ4n) is 3.32. The van der Waals surface area contributed by atoms with Crippen LogP contribution in [0.25, 0.3) is 5.69 Å². The molecule has 1 aromatic heterocycles. The summed E-state index contributed by atoms with van der Waals surface area (Å²) in [5.74, 6) is 0.698. The van der Waals surface area contributed by atoms with Crippen LogP contribution in [-0.2, 0) is 4.74 Å². The van der Waals surface area contributed by atoms with E-state index in [1.54, 1.807) is 19.2 Å². The van der Waals surface area contributed by atoms with Crippen molar-refractivity contribution in [3.8, 4) is 23.2 Å². The third-order valence-electron chi connectivity index (χ3n) is 4.19. The highest BCUT2D eigenvalue weighted by atomic mass is 16.5. The number of aromatic hydroxyl groups is 2. The number of ether oxygens (including phenoxy) is 2. The van der Waals surface area contributed by atoms with Crippen LogP contribution in [-0.4, -0.2) is 21.9 Å². The molecule has 5 nitrogen and oxygen atoms in total. The van der Waals surface area contributed by atoms with Crippen LogP contribution >= 0.6 is 0 Å². The van der Waals surface area contributed by atoms with E-state index in [1.807, 2.05) is 12.1 Å². The van der Waals surface area contributed by atoms with E-state index in [2.05, 4.69) is 0 Å².